The van der Waals surface area contributed by atoms with Crippen LogP contribution in [0.2, 0.25) is 0 Å². The van der Waals surface area contributed by atoms with Crippen molar-refractivity contribution in [3.8, 4) is 62.7 Å². The molecule has 0 radical (unpaired) electrons. The Hall–Kier alpha value is -8.60. The van der Waals surface area contributed by atoms with Gasteiger partial charge in [0.15, 0.2) is 0 Å². The van der Waals surface area contributed by atoms with Crippen molar-refractivity contribution in [1.29, 1.82) is 0 Å². The van der Waals surface area contributed by atoms with Crippen LogP contribution in [0.4, 0.5) is 0 Å². The molecule has 8 aromatic carbocycles. The van der Waals surface area contributed by atoms with Gasteiger partial charge in [-0.1, -0.05) is 97.1 Å². The molecule has 10 nitrogen and oxygen atoms in total. The van der Waals surface area contributed by atoms with Gasteiger partial charge in [-0.2, -0.15) is 24.3 Å². The van der Waals surface area contributed by atoms with E-state index in [1.54, 1.807) is 14.2 Å². The number of fused-ring (bicyclic) bond motifs is 3. The molecular weight excluding hydrogens is 1250 g/mol. The number of benzene rings is 8. The molecule has 12 rings (SSSR count). The van der Waals surface area contributed by atoms with E-state index in [2.05, 4.69) is 182 Å². The Morgan fingerprint density at radius 2 is 1.09 bits per heavy atom. The molecule has 4 heterocycles. The maximum atomic E-state index is 9.61. The zero-order chi connectivity index (χ0) is 59.3. The number of ether oxygens (including phenoxy) is 2. The first-order valence-electron chi connectivity index (χ1n) is 30.2. The van der Waals surface area contributed by atoms with Gasteiger partial charge in [0.2, 0.25) is 0 Å². The number of hydrogen-bond donors (Lipinski definition) is 1. The zero-order valence-corrected chi connectivity index (χ0v) is 53.2. The maximum absolute atomic E-state index is 9.61. The molecule has 0 aliphatic heterocycles. The second-order valence-corrected chi connectivity index (χ2v) is 22.9. The summed E-state index contributed by atoms with van der Waals surface area (Å²) < 4.78 is 24.6. The minimum atomic E-state index is -0.0432. The first kappa shape index (κ1) is 60.1. The van der Waals surface area contributed by atoms with Crippen LogP contribution in [0.5, 0.6) is 11.5 Å². The van der Waals surface area contributed by atoms with Gasteiger partial charge in [-0.3, -0.25) is 9.97 Å². The van der Waals surface area contributed by atoms with Crippen molar-refractivity contribution in [1.82, 2.24) is 28.7 Å². The summed E-state index contributed by atoms with van der Waals surface area (Å²) in [6, 6.07) is 59.0. The van der Waals surface area contributed by atoms with Crippen LogP contribution in [0.25, 0.3) is 73.2 Å². The van der Waals surface area contributed by atoms with E-state index in [0.29, 0.717) is 0 Å². The van der Waals surface area contributed by atoms with E-state index in [1.165, 1.54) is 50.2 Å². The predicted molar refractivity (Wildman–Crippen MR) is 345 cm³/mol. The molecule has 0 aliphatic carbocycles. The second kappa shape index (κ2) is 27.0. The van der Waals surface area contributed by atoms with Crippen molar-refractivity contribution >= 4 is 21.9 Å². The van der Waals surface area contributed by atoms with Crippen molar-refractivity contribution in [3.05, 3.63) is 250 Å². The van der Waals surface area contributed by atoms with Gasteiger partial charge in [0.05, 0.1) is 37.4 Å². The number of furan rings is 1. The fraction of sp³-hybridized carbons (Fsp3) is 0.250. The van der Waals surface area contributed by atoms with Crippen molar-refractivity contribution in [2.45, 2.75) is 112 Å². The van der Waals surface area contributed by atoms with E-state index in [0.717, 1.165) is 172 Å². The standard InChI is InChI=1S/C76H73N6O4.Ir/c1-50-16-13-17-51(2)71(50)81-47-63(78-75(81)60-34-37-65(84-6)38-35-60)22-11-9-8-10-12-23-64-48-82(72-52(3)18-14-19-53(72)4)76(79-64)62-36-41-68(85-7)61(46-62)33-25-56-29-40-70-67(45-56)66-44-55(28-39-69(66)86-70)24-30-58-21-15-20-54(5)73(58)80-43-42-77-74(80)59-31-26-57(49-83)27-32-59;/h13-21,26,28-29,31-32,34,36-45,47-48,83H,8-12,22-25,30,33,49H2,1-7H3;/q-3;+3. The van der Waals surface area contributed by atoms with Gasteiger partial charge in [-0.15, -0.1) is 59.2 Å². The molecule has 0 unspecified atom stereocenters. The van der Waals surface area contributed by atoms with E-state index in [4.69, 9.17) is 28.8 Å². The van der Waals surface area contributed by atoms with E-state index in [-0.39, 0.29) is 26.7 Å². The van der Waals surface area contributed by atoms with E-state index in [9.17, 15) is 5.11 Å². The third-order valence-electron chi connectivity index (χ3n) is 16.9. The maximum Gasteiger partial charge on any atom is 3.00 e. The number of imidazole rings is 3. The number of nitrogens with zero attached hydrogens (tertiary/aromatic N) is 6. The zero-order valence-electron chi connectivity index (χ0n) is 50.8. The van der Waals surface area contributed by atoms with E-state index in [1.807, 2.05) is 48.8 Å². The SMILES string of the molecule is COc1c[c-]c(-c2nc(CCCCCCCc3cn(-c4c(C)cccc4C)c(-c4[c-]c(CCc5ccc6oc7ccc(CCc8cccc(C)c8-n8ccnc8-c8c[c-]c(CO)cc8)cc7c6c5)c(OC)cc4)n3)cn2-c2c(C)cccc2C)cc1.[Ir+3]. The molecule has 4 aromatic heterocycles. The number of rotatable bonds is 23. The van der Waals surface area contributed by atoms with Gasteiger partial charge in [-0.05, 0) is 155 Å². The van der Waals surface area contributed by atoms with E-state index >= 15 is 0 Å². The smallest absolute Gasteiger partial charge is 0.540 e. The molecule has 11 heteroatoms. The molecule has 1 N–H and O–H groups in total. The average Bonchev–Trinajstić information content (AvgIpc) is 4.38. The quantitative estimate of drug-likeness (QED) is 0.0502. The van der Waals surface area contributed by atoms with Gasteiger partial charge in [-0.25, -0.2) is 4.98 Å². The first-order chi connectivity index (χ1) is 42.0. The van der Waals surface area contributed by atoms with Gasteiger partial charge in [0, 0.05) is 76.4 Å². The van der Waals surface area contributed by atoms with E-state index < -0.39 is 0 Å². The Kier molecular flexibility index (Phi) is 18.6. The van der Waals surface area contributed by atoms with Gasteiger partial charge in [0.1, 0.15) is 11.2 Å². The summed E-state index contributed by atoms with van der Waals surface area (Å²) in [5.41, 5.74) is 21.8. The number of aryl methyl sites for hydroxylation is 11. The summed E-state index contributed by atoms with van der Waals surface area (Å²) in [4.78, 5) is 15.3. The fourth-order valence-corrected chi connectivity index (χ4v) is 12.4. The summed E-state index contributed by atoms with van der Waals surface area (Å²) in [5.74, 6) is 4.24. The monoisotopic (exact) mass is 1330 g/mol. The molecular formula is C76H73IrN6O4. The molecule has 0 aliphatic rings. The Bertz CT molecular complexity index is 4320. The van der Waals surface area contributed by atoms with Crippen LogP contribution in [-0.2, 0) is 65.2 Å². The van der Waals surface area contributed by atoms with Crippen molar-refractivity contribution < 1.29 is 39.1 Å². The Morgan fingerprint density at radius 3 is 1.66 bits per heavy atom. The first-order valence-corrected chi connectivity index (χ1v) is 30.2. The number of methoxy groups -OCH3 is 2. The molecule has 12 aromatic rings. The van der Waals surface area contributed by atoms with Crippen LogP contribution in [0.1, 0.15) is 99.1 Å². The van der Waals surface area contributed by atoms with Crippen LogP contribution in [0.15, 0.2) is 169 Å². The van der Waals surface area contributed by atoms with Crippen molar-refractivity contribution in [3.63, 3.8) is 0 Å². The number of aromatic nitrogens is 6. The number of unbranched alkanes of at least 4 members (excludes halogenated alkanes) is 4. The molecule has 0 saturated heterocycles. The Balaban J connectivity index is 0.00000784. The van der Waals surface area contributed by atoms with Crippen LogP contribution < -0.4 is 9.47 Å². The summed E-state index contributed by atoms with van der Waals surface area (Å²) in [5, 5.41) is 11.9. The summed E-state index contributed by atoms with van der Waals surface area (Å²) in [6.07, 6.45) is 18.9. The molecule has 0 amide bonds. The molecule has 0 bridgehead atoms. The number of aliphatic hydroxyl groups excluding tert-OH is 1. The fourth-order valence-electron chi connectivity index (χ4n) is 12.4. The van der Waals surface area contributed by atoms with Crippen LogP contribution in [-0.4, -0.2) is 48.0 Å². The Morgan fingerprint density at radius 1 is 0.517 bits per heavy atom. The summed E-state index contributed by atoms with van der Waals surface area (Å²) in [7, 11) is 3.43. The largest absolute Gasteiger partial charge is 3.00 e. The van der Waals surface area contributed by atoms with Crippen molar-refractivity contribution in [2.24, 2.45) is 0 Å². The second-order valence-electron chi connectivity index (χ2n) is 22.9. The van der Waals surface area contributed by atoms with Crippen LogP contribution in [0.3, 0.4) is 0 Å². The predicted octanol–water partition coefficient (Wildman–Crippen LogP) is 16.9. The molecule has 0 saturated carbocycles. The van der Waals surface area contributed by atoms with Gasteiger partial charge in [0.25, 0.3) is 0 Å². The third kappa shape index (κ3) is 12.9. The number of para-hydroxylation sites is 3. The number of aliphatic hydroxyl groups is 1. The molecule has 0 fully saturated rings. The topological polar surface area (TPSA) is 105 Å². The molecule has 0 spiro atoms. The molecule has 440 valence electrons. The van der Waals surface area contributed by atoms with Gasteiger partial charge >= 0.3 is 20.1 Å². The van der Waals surface area contributed by atoms with Crippen LogP contribution >= 0.6 is 0 Å². The third-order valence-corrected chi connectivity index (χ3v) is 16.9. The van der Waals surface area contributed by atoms with Gasteiger partial charge < -0.3 is 32.7 Å². The van der Waals surface area contributed by atoms with Crippen molar-refractivity contribution in [2.75, 3.05) is 14.2 Å². The average molecular weight is 1330 g/mol. The van der Waals surface area contributed by atoms with Crippen LogP contribution in [0, 0.1) is 52.8 Å². The minimum Gasteiger partial charge on any atom is -0.540 e. The molecule has 87 heavy (non-hydrogen) atoms. The summed E-state index contributed by atoms with van der Waals surface area (Å²) in [6.45, 7) is 10.8. The summed E-state index contributed by atoms with van der Waals surface area (Å²) >= 11 is 0. The molecule has 0 atom stereocenters. The number of hydrogen-bond acceptors (Lipinski definition) is 7. The normalized spacial score (nSPS) is 11.4. The minimum absolute atomic E-state index is 0. The Labute approximate surface area is 524 Å².